The normalized spacial score (nSPS) is 15.0. The fourth-order valence-corrected chi connectivity index (χ4v) is 2.42. The van der Waals surface area contributed by atoms with Crippen LogP contribution in [0.25, 0.3) is 5.69 Å². The summed E-state index contributed by atoms with van der Waals surface area (Å²) in [5, 5.41) is 13.4. The second-order valence-corrected chi connectivity index (χ2v) is 4.90. The predicted octanol–water partition coefficient (Wildman–Crippen LogP) is 1.08. The molecular formula is C14H17N5O3. The summed E-state index contributed by atoms with van der Waals surface area (Å²) < 4.78 is 6.85. The molecule has 8 nitrogen and oxygen atoms in total. The van der Waals surface area contributed by atoms with E-state index >= 15 is 0 Å². The minimum absolute atomic E-state index is 0.291. The SMILES string of the molecule is COc1nc(N2CCN(C(=O)O)CC2)n(-c2ccccc2)n1. The van der Waals surface area contributed by atoms with Crippen molar-refractivity contribution >= 4 is 12.0 Å². The second kappa shape index (κ2) is 5.92. The van der Waals surface area contributed by atoms with Crippen LogP contribution in [0.4, 0.5) is 10.7 Å². The molecule has 0 radical (unpaired) electrons. The van der Waals surface area contributed by atoms with Crippen LogP contribution in [0, 0.1) is 0 Å². The van der Waals surface area contributed by atoms with Crippen molar-refractivity contribution < 1.29 is 14.6 Å². The first kappa shape index (κ1) is 14.2. The number of benzene rings is 1. The van der Waals surface area contributed by atoms with Gasteiger partial charge in [0.05, 0.1) is 12.8 Å². The van der Waals surface area contributed by atoms with Crippen LogP contribution in [-0.2, 0) is 0 Å². The van der Waals surface area contributed by atoms with Gasteiger partial charge in [-0.1, -0.05) is 18.2 Å². The lowest BCUT2D eigenvalue weighted by Gasteiger charge is -2.33. The Morgan fingerprint density at radius 3 is 2.45 bits per heavy atom. The highest BCUT2D eigenvalue weighted by Gasteiger charge is 2.25. The maximum Gasteiger partial charge on any atom is 0.407 e. The van der Waals surface area contributed by atoms with E-state index in [0.717, 1.165) is 5.69 Å². The summed E-state index contributed by atoms with van der Waals surface area (Å²) in [6.07, 6.45) is -0.887. The third-order valence-corrected chi connectivity index (χ3v) is 3.59. The monoisotopic (exact) mass is 303 g/mol. The van der Waals surface area contributed by atoms with Gasteiger partial charge >= 0.3 is 12.1 Å². The number of para-hydroxylation sites is 1. The molecule has 1 aliphatic rings. The maximum absolute atomic E-state index is 11.0. The van der Waals surface area contributed by atoms with Gasteiger partial charge in [-0.05, 0) is 12.1 Å². The molecule has 2 heterocycles. The average Bonchev–Trinajstić information content (AvgIpc) is 3.00. The highest BCUT2D eigenvalue weighted by atomic mass is 16.5. The summed E-state index contributed by atoms with van der Waals surface area (Å²) in [5.74, 6) is 0.660. The van der Waals surface area contributed by atoms with Crippen molar-refractivity contribution in [3.05, 3.63) is 30.3 Å². The lowest BCUT2D eigenvalue weighted by atomic mass is 10.3. The Kier molecular flexibility index (Phi) is 3.82. The van der Waals surface area contributed by atoms with Gasteiger partial charge in [-0.2, -0.15) is 9.67 Å². The molecule has 2 aromatic rings. The number of rotatable bonds is 3. The number of carboxylic acid groups (broad SMARTS) is 1. The summed E-state index contributed by atoms with van der Waals surface area (Å²) in [6.45, 7) is 2.03. The second-order valence-electron chi connectivity index (χ2n) is 4.90. The van der Waals surface area contributed by atoms with Crippen LogP contribution >= 0.6 is 0 Å². The highest BCUT2D eigenvalue weighted by molar-refractivity contribution is 5.65. The van der Waals surface area contributed by atoms with E-state index in [0.29, 0.717) is 38.1 Å². The van der Waals surface area contributed by atoms with Crippen LogP contribution in [0.3, 0.4) is 0 Å². The van der Waals surface area contributed by atoms with Crippen molar-refractivity contribution in [2.45, 2.75) is 0 Å². The van der Waals surface area contributed by atoms with Crippen LogP contribution in [0.5, 0.6) is 6.01 Å². The van der Waals surface area contributed by atoms with Gasteiger partial charge in [-0.25, -0.2) is 4.79 Å². The Hall–Kier alpha value is -2.77. The van der Waals surface area contributed by atoms with E-state index in [-0.39, 0.29) is 0 Å². The Morgan fingerprint density at radius 2 is 1.86 bits per heavy atom. The number of anilines is 1. The molecular weight excluding hydrogens is 286 g/mol. The molecule has 0 spiro atoms. The van der Waals surface area contributed by atoms with Crippen molar-refractivity contribution in [2.24, 2.45) is 0 Å². The maximum atomic E-state index is 11.0. The molecule has 116 valence electrons. The van der Waals surface area contributed by atoms with Gasteiger partial charge in [0.15, 0.2) is 0 Å². The Balaban J connectivity index is 1.88. The van der Waals surface area contributed by atoms with Gasteiger partial charge in [-0.3, -0.25) is 0 Å². The molecule has 22 heavy (non-hydrogen) atoms. The van der Waals surface area contributed by atoms with Crippen LogP contribution in [0.15, 0.2) is 30.3 Å². The van der Waals surface area contributed by atoms with E-state index in [1.807, 2.05) is 35.2 Å². The molecule has 1 fully saturated rings. The van der Waals surface area contributed by atoms with E-state index in [1.54, 1.807) is 4.68 Å². The molecule has 3 rings (SSSR count). The van der Waals surface area contributed by atoms with Gasteiger partial charge in [0.1, 0.15) is 0 Å². The quantitative estimate of drug-likeness (QED) is 0.913. The highest BCUT2D eigenvalue weighted by Crippen LogP contribution is 2.21. The predicted molar refractivity (Wildman–Crippen MR) is 79.7 cm³/mol. The molecule has 0 saturated carbocycles. The smallest absolute Gasteiger partial charge is 0.407 e. The van der Waals surface area contributed by atoms with E-state index in [2.05, 4.69) is 10.1 Å². The number of hydrogen-bond acceptors (Lipinski definition) is 5. The molecule has 1 aromatic carbocycles. The Morgan fingerprint density at radius 1 is 1.18 bits per heavy atom. The van der Waals surface area contributed by atoms with Gasteiger partial charge < -0.3 is 19.6 Å². The third kappa shape index (κ3) is 2.67. The van der Waals surface area contributed by atoms with Crippen LogP contribution in [0.1, 0.15) is 0 Å². The van der Waals surface area contributed by atoms with E-state index in [4.69, 9.17) is 9.84 Å². The molecule has 0 unspecified atom stereocenters. The first-order chi connectivity index (χ1) is 10.7. The van der Waals surface area contributed by atoms with Crippen LogP contribution in [-0.4, -0.2) is 64.2 Å². The molecule has 1 aromatic heterocycles. The van der Waals surface area contributed by atoms with Gasteiger partial charge in [0.25, 0.3) is 0 Å². The minimum atomic E-state index is -0.887. The minimum Gasteiger partial charge on any atom is -0.466 e. The van der Waals surface area contributed by atoms with Crippen molar-refractivity contribution in [2.75, 3.05) is 38.2 Å². The molecule has 0 atom stereocenters. The Bertz CT molecular complexity index is 650. The summed E-state index contributed by atoms with van der Waals surface area (Å²) in [4.78, 5) is 18.8. The number of aromatic nitrogens is 3. The molecule has 0 bridgehead atoms. The summed E-state index contributed by atoms with van der Waals surface area (Å²) in [7, 11) is 1.52. The first-order valence-corrected chi connectivity index (χ1v) is 6.98. The summed E-state index contributed by atoms with van der Waals surface area (Å²) >= 11 is 0. The number of nitrogens with zero attached hydrogens (tertiary/aromatic N) is 5. The molecule has 0 aliphatic carbocycles. The zero-order chi connectivity index (χ0) is 15.5. The van der Waals surface area contributed by atoms with Gasteiger partial charge in [-0.15, -0.1) is 5.10 Å². The first-order valence-electron chi connectivity index (χ1n) is 6.98. The van der Waals surface area contributed by atoms with Crippen LogP contribution in [0.2, 0.25) is 0 Å². The van der Waals surface area contributed by atoms with Crippen molar-refractivity contribution in [3.8, 4) is 11.7 Å². The van der Waals surface area contributed by atoms with E-state index in [1.165, 1.54) is 12.0 Å². The molecule has 1 amide bonds. The van der Waals surface area contributed by atoms with Crippen molar-refractivity contribution in [1.82, 2.24) is 19.7 Å². The summed E-state index contributed by atoms with van der Waals surface area (Å²) in [6, 6.07) is 9.95. The third-order valence-electron chi connectivity index (χ3n) is 3.59. The van der Waals surface area contributed by atoms with Gasteiger partial charge in [0, 0.05) is 26.2 Å². The molecule has 1 saturated heterocycles. The Labute approximate surface area is 127 Å². The number of ether oxygens (including phenoxy) is 1. The van der Waals surface area contributed by atoms with Gasteiger partial charge in [0.2, 0.25) is 5.95 Å². The fraction of sp³-hybridized carbons (Fsp3) is 0.357. The average molecular weight is 303 g/mol. The molecule has 1 aliphatic heterocycles. The number of hydrogen-bond donors (Lipinski definition) is 1. The number of amides is 1. The van der Waals surface area contributed by atoms with E-state index in [9.17, 15) is 4.79 Å². The zero-order valence-corrected chi connectivity index (χ0v) is 12.2. The zero-order valence-electron chi connectivity index (χ0n) is 12.2. The fourth-order valence-electron chi connectivity index (χ4n) is 2.42. The number of piperazine rings is 1. The number of methoxy groups -OCH3 is 1. The molecule has 8 heteroatoms. The number of carbonyl (C=O) groups is 1. The van der Waals surface area contributed by atoms with Crippen molar-refractivity contribution in [3.63, 3.8) is 0 Å². The largest absolute Gasteiger partial charge is 0.466 e. The molecule has 1 N–H and O–H groups in total. The standard InChI is InChI=1S/C14H17N5O3/c1-22-12-15-13(17-7-9-18(10-8-17)14(20)21)19(16-12)11-5-3-2-4-6-11/h2-6H,7-10H2,1H3,(H,20,21). The topological polar surface area (TPSA) is 83.7 Å². The van der Waals surface area contributed by atoms with Crippen molar-refractivity contribution in [1.29, 1.82) is 0 Å². The van der Waals surface area contributed by atoms with Crippen LogP contribution < -0.4 is 9.64 Å². The summed E-state index contributed by atoms with van der Waals surface area (Å²) in [5.41, 5.74) is 0.883. The lowest BCUT2D eigenvalue weighted by Crippen LogP contribution is -2.49. The lowest BCUT2D eigenvalue weighted by molar-refractivity contribution is 0.142. The van der Waals surface area contributed by atoms with E-state index < -0.39 is 6.09 Å².